The highest BCUT2D eigenvalue weighted by atomic mass is 35.5. The van der Waals surface area contributed by atoms with Gasteiger partial charge < -0.3 is 15.4 Å². The number of benzene rings is 1. The number of nitriles is 1. The van der Waals surface area contributed by atoms with Crippen LogP contribution in [0.25, 0.3) is 0 Å². The summed E-state index contributed by atoms with van der Waals surface area (Å²) in [4.78, 5) is 23.9. The number of halogens is 1. The number of carbonyl (C=O) groups excluding carboxylic acids is 1. The monoisotopic (exact) mass is 364 g/mol. The highest BCUT2D eigenvalue weighted by Crippen LogP contribution is 2.35. The molecule has 1 aromatic rings. The summed E-state index contributed by atoms with van der Waals surface area (Å²) >= 11 is 5.98. The molecule has 0 atom stereocenters. The first-order valence-electron chi connectivity index (χ1n) is 7.95. The van der Waals surface area contributed by atoms with Crippen LogP contribution in [-0.2, 0) is 0 Å². The molecule has 25 heavy (non-hydrogen) atoms. The number of primary amides is 1. The Balaban J connectivity index is 1.91. The number of amides is 1. The van der Waals surface area contributed by atoms with Crippen molar-refractivity contribution in [3.05, 3.63) is 32.8 Å². The zero-order valence-electron chi connectivity index (χ0n) is 13.6. The van der Waals surface area contributed by atoms with Crippen LogP contribution >= 0.6 is 11.6 Å². The molecule has 0 spiro atoms. The van der Waals surface area contributed by atoms with E-state index in [1.165, 1.54) is 6.07 Å². The van der Waals surface area contributed by atoms with E-state index in [1.807, 2.05) is 0 Å². The van der Waals surface area contributed by atoms with Crippen LogP contribution in [0.15, 0.2) is 12.1 Å². The molecule has 1 saturated heterocycles. The average molecular weight is 365 g/mol. The van der Waals surface area contributed by atoms with Gasteiger partial charge in [0.15, 0.2) is 5.02 Å². The van der Waals surface area contributed by atoms with Crippen LogP contribution in [0.1, 0.15) is 16.8 Å². The summed E-state index contributed by atoms with van der Waals surface area (Å²) in [5.74, 6) is 1.58. The quantitative estimate of drug-likeness (QED) is 0.341. The van der Waals surface area contributed by atoms with E-state index in [2.05, 4.69) is 10.9 Å². The van der Waals surface area contributed by atoms with Crippen molar-refractivity contribution in [3.63, 3.8) is 0 Å². The number of nitrogens with zero attached hydrogens (tertiary/aromatic N) is 3. The summed E-state index contributed by atoms with van der Waals surface area (Å²) in [5, 5.41) is 19.8. The molecule has 1 heterocycles. The molecule has 0 unspecified atom stereocenters. The van der Waals surface area contributed by atoms with Crippen molar-refractivity contribution < 1.29 is 14.5 Å². The van der Waals surface area contributed by atoms with Crippen molar-refractivity contribution in [1.29, 1.82) is 5.26 Å². The summed E-state index contributed by atoms with van der Waals surface area (Å²) in [6, 6.07) is 2.35. The van der Waals surface area contributed by atoms with Gasteiger partial charge in [0.25, 0.3) is 12.4 Å². The first-order chi connectivity index (χ1) is 11.9. The molecule has 8 nitrogen and oxygen atoms in total. The molecule has 0 bridgehead atoms. The predicted molar refractivity (Wildman–Crippen MR) is 94.2 cm³/mol. The maximum atomic E-state index is 11.3. The third-order valence-corrected chi connectivity index (χ3v) is 4.53. The van der Waals surface area contributed by atoms with E-state index in [9.17, 15) is 14.9 Å². The van der Waals surface area contributed by atoms with E-state index in [1.54, 1.807) is 0 Å². The zero-order chi connectivity index (χ0) is 18.4. The van der Waals surface area contributed by atoms with Crippen molar-refractivity contribution in [2.24, 2.45) is 5.73 Å². The lowest BCUT2D eigenvalue weighted by Crippen LogP contribution is -2.37. The van der Waals surface area contributed by atoms with Crippen LogP contribution in [0, 0.1) is 21.3 Å². The van der Waals surface area contributed by atoms with E-state index in [0.29, 0.717) is 13.0 Å². The second-order valence-corrected chi connectivity index (χ2v) is 6.25. The SMILES string of the molecule is N#CB1CCN(CCCOc2cc(C(N)=O)cc([N+](=O)[O-])c2Cl)CC1. The number of nitro benzene ring substituents is 1. The number of nitro groups is 1. The Hall–Kier alpha value is -2.31. The maximum absolute atomic E-state index is 11.3. The Labute approximate surface area is 150 Å². The fourth-order valence-electron chi connectivity index (χ4n) is 2.72. The number of hydrogen-bond acceptors (Lipinski definition) is 6. The van der Waals surface area contributed by atoms with Gasteiger partial charge in [0.05, 0.1) is 11.5 Å². The smallest absolute Gasteiger partial charge is 0.292 e. The zero-order valence-corrected chi connectivity index (χ0v) is 14.4. The molecule has 0 saturated carbocycles. The second kappa shape index (κ2) is 8.69. The number of rotatable bonds is 7. The Kier molecular flexibility index (Phi) is 6.61. The molecule has 1 aliphatic rings. The van der Waals surface area contributed by atoms with Gasteiger partial charge in [0, 0.05) is 24.1 Å². The van der Waals surface area contributed by atoms with Gasteiger partial charge in [-0.15, -0.1) is 0 Å². The number of carbonyl (C=O) groups is 1. The third-order valence-electron chi connectivity index (χ3n) is 4.15. The Morgan fingerprint density at radius 2 is 2.16 bits per heavy atom. The largest absolute Gasteiger partial charge is 0.492 e. The fourth-order valence-corrected chi connectivity index (χ4v) is 2.95. The summed E-state index contributed by atoms with van der Waals surface area (Å²) in [6.45, 7) is 3.00. The molecule has 0 aliphatic carbocycles. The van der Waals surface area contributed by atoms with Crippen LogP contribution in [-0.4, -0.2) is 48.7 Å². The fraction of sp³-hybridized carbons (Fsp3) is 0.467. The molecule has 2 N–H and O–H groups in total. The Bertz CT molecular complexity index is 702. The highest BCUT2D eigenvalue weighted by Gasteiger charge is 2.23. The molecule has 0 radical (unpaired) electrons. The number of nitrogens with two attached hydrogens (primary N) is 1. The normalized spacial score (nSPS) is 14.8. The molecule has 1 fully saturated rings. The molecule has 10 heteroatoms. The molecule has 1 amide bonds. The minimum absolute atomic E-state index is 0.0234. The predicted octanol–water partition coefficient (Wildman–Crippen LogP) is 1.99. The van der Waals surface area contributed by atoms with Crippen LogP contribution in [0.3, 0.4) is 0 Å². The first kappa shape index (κ1) is 19.0. The lowest BCUT2D eigenvalue weighted by Gasteiger charge is -2.27. The Morgan fingerprint density at radius 3 is 2.72 bits per heavy atom. The van der Waals surface area contributed by atoms with Gasteiger partial charge in [-0.3, -0.25) is 14.9 Å². The van der Waals surface area contributed by atoms with E-state index in [4.69, 9.17) is 27.3 Å². The molecule has 1 aromatic carbocycles. The second-order valence-electron chi connectivity index (χ2n) is 5.88. The van der Waals surface area contributed by atoms with Crippen LogP contribution < -0.4 is 10.5 Å². The molecular weight excluding hydrogens is 346 g/mol. The summed E-state index contributed by atoms with van der Waals surface area (Å²) in [6.07, 6.45) is 2.44. The van der Waals surface area contributed by atoms with Gasteiger partial charge in [-0.2, -0.15) is 0 Å². The van der Waals surface area contributed by atoms with E-state index in [-0.39, 0.29) is 23.0 Å². The van der Waals surface area contributed by atoms with Crippen LogP contribution in [0.5, 0.6) is 5.75 Å². The summed E-state index contributed by atoms with van der Waals surface area (Å²) < 4.78 is 5.53. The average Bonchev–Trinajstić information content (AvgIpc) is 2.59. The van der Waals surface area contributed by atoms with Gasteiger partial charge >= 0.3 is 0 Å². The van der Waals surface area contributed by atoms with Gasteiger partial charge in [-0.05, 0) is 38.2 Å². The topological polar surface area (TPSA) is 122 Å². The molecule has 0 aromatic heterocycles. The molecule has 2 rings (SSSR count). The van der Waals surface area contributed by atoms with E-state index < -0.39 is 16.5 Å². The van der Waals surface area contributed by atoms with Crippen molar-refractivity contribution in [3.8, 4) is 11.7 Å². The summed E-state index contributed by atoms with van der Waals surface area (Å²) in [7, 11) is 0. The van der Waals surface area contributed by atoms with Gasteiger partial charge in [-0.1, -0.05) is 11.6 Å². The van der Waals surface area contributed by atoms with E-state index >= 15 is 0 Å². The van der Waals surface area contributed by atoms with Crippen molar-refractivity contribution in [1.82, 2.24) is 4.90 Å². The van der Waals surface area contributed by atoms with E-state index in [0.717, 1.165) is 38.3 Å². The standard InChI is InChI=1S/C15H18BClN4O4/c17-14-12(21(23)24)8-11(15(19)22)9-13(14)25-7-1-4-20-5-2-16(10-18)3-6-20/h8-9H,1-7H2,(H2,19,22). The van der Waals surface area contributed by atoms with Gasteiger partial charge in [0.1, 0.15) is 5.75 Å². The van der Waals surface area contributed by atoms with Crippen LogP contribution in [0.4, 0.5) is 5.69 Å². The number of ether oxygens (including phenoxy) is 1. The maximum Gasteiger partial charge on any atom is 0.292 e. The minimum Gasteiger partial charge on any atom is -0.492 e. The van der Waals surface area contributed by atoms with Crippen molar-refractivity contribution >= 4 is 29.9 Å². The lowest BCUT2D eigenvalue weighted by molar-refractivity contribution is -0.384. The lowest BCUT2D eigenvalue weighted by atomic mass is 9.45. The third kappa shape index (κ3) is 5.08. The number of hydrogen-bond donors (Lipinski definition) is 1. The van der Waals surface area contributed by atoms with Crippen molar-refractivity contribution in [2.75, 3.05) is 26.2 Å². The molecule has 1 aliphatic heterocycles. The Morgan fingerprint density at radius 1 is 1.48 bits per heavy atom. The van der Waals surface area contributed by atoms with Gasteiger partial charge in [-0.25, -0.2) is 5.26 Å². The van der Waals surface area contributed by atoms with Gasteiger partial charge in [0.2, 0.25) is 5.91 Å². The molecular formula is C15H18BClN4O4. The molecule has 132 valence electrons. The first-order valence-corrected chi connectivity index (χ1v) is 8.32. The highest BCUT2D eigenvalue weighted by molar-refractivity contribution is 6.67. The van der Waals surface area contributed by atoms with Crippen LogP contribution in [0.2, 0.25) is 17.7 Å². The summed E-state index contributed by atoms with van der Waals surface area (Å²) in [5.41, 5.74) is 4.75. The van der Waals surface area contributed by atoms with Crippen molar-refractivity contribution in [2.45, 2.75) is 19.1 Å². The minimum atomic E-state index is -0.787.